The minimum Gasteiger partial charge on any atom is -0.382 e. The molecule has 0 fully saturated rings. The van der Waals surface area contributed by atoms with E-state index in [0.29, 0.717) is 10.8 Å². The average Bonchev–Trinajstić information content (AvgIpc) is 2.44. The Labute approximate surface area is 115 Å². The number of aromatic nitrogens is 2. The maximum atomic E-state index is 6.05. The summed E-state index contributed by atoms with van der Waals surface area (Å²) in [4.78, 5) is 7.91. The summed E-state index contributed by atoms with van der Waals surface area (Å²) < 4.78 is 0. The molecule has 1 aromatic heterocycles. The second-order valence-electron chi connectivity index (χ2n) is 4.11. The molecule has 0 aliphatic rings. The Balaban J connectivity index is 1.99. The number of fused-ring (bicyclic) bond motifs is 1. The average molecular weight is 271 g/mol. The molecule has 3 aromatic rings. The molecule has 2 aromatic carbocycles. The van der Waals surface area contributed by atoms with Crippen molar-refractivity contribution in [1.82, 2.24) is 9.97 Å². The van der Waals surface area contributed by atoms with Crippen LogP contribution in [0.2, 0.25) is 5.02 Å². The number of halogens is 1. The van der Waals surface area contributed by atoms with Gasteiger partial charge >= 0.3 is 0 Å². The number of nitrogens with two attached hydrogens (primary N) is 1. The summed E-state index contributed by atoms with van der Waals surface area (Å²) >= 11 is 6.05. The van der Waals surface area contributed by atoms with E-state index in [4.69, 9.17) is 17.3 Å². The predicted molar refractivity (Wildman–Crippen MR) is 78.7 cm³/mol. The van der Waals surface area contributed by atoms with Crippen LogP contribution in [0.5, 0.6) is 0 Å². The standard InChI is InChI=1S/C14H11ClN4/c15-12-13(16)17-8-18-14(12)19-11-6-5-9-3-1-2-4-10(9)7-11/h1-8H,(H3,16,17,18,19). The molecule has 3 N–H and O–H groups in total. The Bertz CT molecular complexity index is 742. The van der Waals surface area contributed by atoms with Crippen molar-refractivity contribution >= 4 is 39.7 Å². The fourth-order valence-electron chi connectivity index (χ4n) is 1.87. The topological polar surface area (TPSA) is 63.8 Å². The summed E-state index contributed by atoms with van der Waals surface area (Å²) in [6, 6.07) is 14.2. The molecule has 0 unspecified atom stereocenters. The van der Waals surface area contributed by atoms with E-state index >= 15 is 0 Å². The zero-order valence-corrected chi connectivity index (χ0v) is 10.7. The molecule has 0 saturated heterocycles. The fourth-order valence-corrected chi connectivity index (χ4v) is 2.02. The van der Waals surface area contributed by atoms with Crippen LogP contribution in [0.15, 0.2) is 48.8 Å². The van der Waals surface area contributed by atoms with Crippen molar-refractivity contribution in [2.75, 3.05) is 11.1 Å². The number of hydrogen-bond acceptors (Lipinski definition) is 4. The lowest BCUT2D eigenvalue weighted by atomic mass is 10.1. The molecule has 0 bridgehead atoms. The van der Waals surface area contributed by atoms with E-state index in [1.165, 1.54) is 11.7 Å². The van der Waals surface area contributed by atoms with E-state index in [0.717, 1.165) is 11.1 Å². The number of benzene rings is 2. The smallest absolute Gasteiger partial charge is 0.154 e. The summed E-state index contributed by atoms with van der Waals surface area (Å²) in [5.41, 5.74) is 6.54. The van der Waals surface area contributed by atoms with Gasteiger partial charge in [-0.3, -0.25) is 0 Å². The van der Waals surface area contributed by atoms with Crippen LogP contribution in [0.4, 0.5) is 17.3 Å². The maximum absolute atomic E-state index is 6.05. The van der Waals surface area contributed by atoms with Gasteiger partial charge in [-0.1, -0.05) is 41.9 Å². The van der Waals surface area contributed by atoms with E-state index in [9.17, 15) is 0 Å². The van der Waals surface area contributed by atoms with Crippen molar-refractivity contribution in [3.63, 3.8) is 0 Å². The minimum atomic E-state index is 0.264. The maximum Gasteiger partial charge on any atom is 0.154 e. The Morgan fingerprint density at radius 1 is 1.00 bits per heavy atom. The van der Waals surface area contributed by atoms with Gasteiger partial charge in [-0.25, -0.2) is 9.97 Å². The predicted octanol–water partition coefficient (Wildman–Crippen LogP) is 3.61. The van der Waals surface area contributed by atoms with Crippen molar-refractivity contribution in [2.45, 2.75) is 0 Å². The van der Waals surface area contributed by atoms with Crippen LogP contribution in [0, 0.1) is 0 Å². The van der Waals surface area contributed by atoms with Crippen LogP contribution < -0.4 is 11.1 Å². The van der Waals surface area contributed by atoms with E-state index < -0.39 is 0 Å². The van der Waals surface area contributed by atoms with Gasteiger partial charge in [0.2, 0.25) is 0 Å². The lowest BCUT2D eigenvalue weighted by Gasteiger charge is -2.09. The molecule has 0 aliphatic heterocycles. The van der Waals surface area contributed by atoms with Gasteiger partial charge in [-0.2, -0.15) is 0 Å². The van der Waals surface area contributed by atoms with Crippen molar-refractivity contribution < 1.29 is 0 Å². The Hall–Kier alpha value is -2.33. The largest absolute Gasteiger partial charge is 0.382 e. The van der Waals surface area contributed by atoms with E-state index in [2.05, 4.69) is 27.4 Å². The van der Waals surface area contributed by atoms with Gasteiger partial charge in [-0.15, -0.1) is 0 Å². The van der Waals surface area contributed by atoms with Gasteiger partial charge < -0.3 is 11.1 Å². The highest BCUT2D eigenvalue weighted by Gasteiger charge is 2.06. The number of anilines is 3. The Morgan fingerprint density at radius 3 is 2.63 bits per heavy atom. The third-order valence-electron chi connectivity index (χ3n) is 2.83. The molecule has 1 heterocycles. The monoisotopic (exact) mass is 270 g/mol. The zero-order chi connectivity index (χ0) is 13.2. The lowest BCUT2D eigenvalue weighted by molar-refractivity contribution is 1.18. The second-order valence-corrected chi connectivity index (χ2v) is 4.49. The first-order chi connectivity index (χ1) is 9.24. The molecule has 0 atom stereocenters. The van der Waals surface area contributed by atoms with Crippen LogP contribution in [0.1, 0.15) is 0 Å². The highest BCUT2D eigenvalue weighted by atomic mass is 35.5. The molecule has 94 valence electrons. The Morgan fingerprint density at radius 2 is 1.79 bits per heavy atom. The van der Waals surface area contributed by atoms with Gasteiger partial charge in [-0.05, 0) is 22.9 Å². The first-order valence-corrected chi connectivity index (χ1v) is 6.13. The molecule has 0 saturated carbocycles. The first-order valence-electron chi connectivity index (χ1n) is 5.76. The molecular weight excluding hydrogens is 260 g/mol. The summed E-state index contributed by atoms with van der Waals surface area (Å²) in [5.74, 6) is 0.768. The summed E-state index contributed by atoms with van der Waals surface area (Å²) in [6.45, 7) is 0. The lowest BCUT2D eigenvalue weighted by Crippen LogP contribution is -1.99. The molecule has 19 heavy (non-hydrogen) atoms. The van der Waals surface area contributed by atoms with Gasteiger partial charge in [0.05, 0.1) is 0 Å². The van der Waals surface area contributed by atoms with Gasteiger partial charge in [0.25, 0.3) is 0 Å². The van der Waals surface area contributed by atoms with Crippen molar-refractivity contribution in [2.24, 2.45) is 0 Å². The third-order valence-corrected chi connectivity index (χ3v) is 3.20. The first kappa shape index (κ1) is 11.7. The summed E-state index contributed by atoms with van der Waals surface area (Å²) in [7, 11) is 0. The highest BCUT2D eigenvalue weighted by molar-refractivity contribution is 6.35. The van der Waals surface area contributed by atoms with Gasteiger partial charge in [0.15, 0.2) is 5.82 Å². The van der Waals surface area contributed by atoms with Crippen LogP contribution >= 0.6 is 11.6 Å². The van der Waals surface area contributed by atoms with Crippen LogP contribution in [-0.4, -0.2) is 9.97 Å². The van der Waals surface area contributed by atoms with Crippen LogP contribution in [-0.2, 0) is 0 Å². The molecule has 5 heteroatoms. The molecule has 4 nitrogen and oxygen atoms in total. The van der Waals surface area contributed by atoms with Crippen molar-refractivity contribution in [1.29, 1.82) is 0 Å². The molecular formula is C14H11ClN4. The van der Waals surface area contributed by atoms with Gasteiger partial charge in [0.1, 0.15) is 17.2 Å². The van der Waals surface area contributed by atoms with Crippen LogP contribution in [0.25, 0.3) is 10.8 Å². The molecule has 3 rings (SSSR count). The number of nitrogen functional groups attached to an aromatic ring is 1. The number of nitrogens with one attached hydrogen (secondary N) is 1. The Kier molecular flexibility index (Phi) is 2.93. The molecule has 0 amide bonds. The second kappa shape index (κ2) is 4.74. The number of nitrogens with zero attached hydrogens (tertiary/aromatic N) is 2. The minimum absolute atomic E-state index is 0.264. The summed E-state index contributed by atoms with van der Waals surface area (Å²) in [5, 5.41) is 5.80. The van der Waals surface area contributed by atoms with Crippen molar-refractivity contribution in [3.05, 3.63) is 53.8 Å². The molecule has 0 spiro atoms. The number of hydrogen-bond donors (Lipinski definition) is 2. The van der Waals surface area contributed by atoms with E-state index in [1.807, 2.05) is 30.3 Å². The summed E-state index contributed by atoms with van der Waals surface area (Å²) in [6.07, 6.45) is 1.38. The van der Waals surface area contributed by atoms with Crippen molar-refractivity contribution in [3.8, 4) is 0 Å². The highest BCUT2D eigenvalue weighted by Crippen LogP contribution is 2.27. The van der Waals surface area contributed by atoms with E-state index in [-0.39, 0.29) is 5.82 Å². The number of rotatable bonds is 2. The molecule has 0 aliphatic carbocycles. The SMILES string of the molecule is Nc1ncnc(Nc2ccc3ccccc3c2)c1Cl. The quantitative estimate of drug-likeness (QED) is 0.747. The molecule has 0 radical (unpaired) electrons. The fraction of sp³-hybridized carbons (Fsp3) is 0. The van der Waals surface area contributed by atoms with Crippen LogP contribution in [0.3, 0.4) is 0 Å². The van der Waals surface area contributed by atoms with E-state index in [1.54, 1.807) is 0 Å². The normalized spacial score (nSPS) is 10.6. The zero-order valence-electron chi connectivity index (χ0n) is 9.97. The third kappa shape index (κ3) is 2.30. The van der Waals surface area contributed by atoms with Gasteiger partial charge in [0, 0.05) is 5.69 Å².